The predicted molar refractivity (Wildman–Crippen MR) is 72.3 cm³/mol. The van der Waals surface area contributed by atoms with E-state index in [9.17, 15) is 9.59 Å². The molecule has 102 valence electrons. The number of hydrogen-bond acceptors (Lipinski definition) is 2. The number of hydrogen-bond donors (Lipinski definition) is 1. The van der Waals surface area contributed by atoms with Crippen LogP contribution in [-0.4, -0.2) is 35.0 Å². The summed E-state index contributed by atoms with van der Waals surface area (Å²) >= 11 is 0. The number of aromatic carboxylic acids is 1. The first-order valence-corrected chi connectivity index (χ1v) is 6.74. The van der Waals surface area contributed by atoms with Crippen molar-refractivity contribution in [2.24, 2.45) is 5.92 Å². The number of carbonyl (C=O) groups excluding carboxylic acids is 1. The van der Waals surface area contributed by atoms with Crippen LogP contribution in [0, 0.1) is 5.92 Å². The summed E-state index contributed by atoms with van der Waals surface area (Å²) in [6, 6.07) is 6.16. The van der Waals surface area contributed by atoms with Gasteiger partial charge in [-0.3, -0.25) is 4.79 Å². The van der Waals surface area contributed by atoms with Crippen LogP contribution in [0.15, 0.2) is 24.3 Å². The van der Waals surface area contributed by atoms with Crippen LogP contribution in [0.2, 0.25) is 0 Å². The van der Waals surface area contributed by atoms with Crippen molar-refractivity contribution in [1.29, 1.82) is 0 Å². The fraction of sp³-hybridized carbons (Fsp3) is 0.467. The van der Waals surface area contributed by atoms with E-state index in [0.29, 0.717) is 11.5 Å². The molecule has 1 saturated carbocycles. The summed E-state index contributed by atoms with van der Waals surface area (Å²) in [7, 11) is 0. The fourth-order valence-corrected chi connectivity index (χ4v) is 2.10. The highest BCUT2D eigenvalue weighted by Crippen LogP contribution is 2.30. The van der Waals surface area contributed by atoms with Gasteiger partial charge in [0.2, 0.25) is 0 Å². The highest BCUT2D eigenvalue weighted by molar-refractivity contribution is 5.95. The fourth-order valence-electron chi connectivity index (χ4n) is 2.10. The number of rotatable bonds is 6. The third kappa shape index (κ3) is 3.56. The second kappa shape index (κ2) is 5.87. The van der Waals surface area contributed by atoms with Crippen LogP contribution in [0.4, 0.5) is 0 Å². The van der Waals surface area contributed by atoms with Gasteiger partial charge < -0.3 is 10.0 Å². The highest BCUT2D eigenvalue weighted by atomic mass is 16.4. The van der Waals surface area contributed by atoms with Crippen molar-refractivity contribution in [2.75, 3.05) is 13.1 Å². The molecule has 19 heavy (non-hydrogen) atoms. The molecule has 4 nitrogen and oxygen atoms in total. The van der Waals surface area contributed by atoms with E-state index in [1.807, 2.05) is 4.90 Å². The molecule has 0 bridgehead atoms. The number of nitrogens with zero attached hydrogens (tertiary/aromatic N) is 1. The zero-order valence-electron chi connectivity index (χ0n) is 11.1. The summed E-state index contributed by atoms with van der Waals surface area (Å²) < 4.78 is 0. The molecule has 4 heteroatoms. The molecule has 0 aliphatic heterocycles. The van der Waals surface area contributed by atoms with Crippen LogP contribution in [-0.2, 0) is 0 Å². The van der Waals surface area contributed by atoms with Gasteiger partial charge in [0, 0.05) is 18.7 Å². The smallest absolute Gasteiger partial charge is 0.335 e. The van der Waals surface area contributed by atoms with E-state index in [0.717, 1.165) is 19.5 Å². The van der Waals surface area contributed by atoms with Crippen molar-refractivity contribution in [1.82, 2.24) is 4.90 Å². The number of amides is 1. The Morgan fingerprint density at radius 3 is 2.26 bits per heavy atom. The average Bonchev–Trinajstić information content (AvgIpc) is 3.21. The van der Waals surface area contributed by atoms with E-state index >= 15 is 0 Å². The first-order chi connectivity index (χ1) is 9.11. The molecule has 0 unspecified atom stereocenters. The minimum atomic E-state index is -0.970. The SMILES string of the molecule is CCCN(CC1CC1)C(=O)c1ccc(C(=O)O)cc1. The van der Waals surface area contributed by atoms with E-state index in [-0.39, 0.29) is 11.5 Å². The molecule has 1 amide bonds. The lowest BCUT2D eigenvalue weighted by molar-refractivity contribution is 0.0693. The van der Waals surface area contributed by atoms with Crippen molar-refractivity contribution in [3.8, 4) is 0 Å². The maximum Gasteiger partial charge on any atom is 0.335 e. The molecule has 1 N–H and O–H groups in total. The molecule has 1 aliphatic carbocycles. The van der Waals surface area contributed by atoms with Gasteiger partial charge in [0.25, 0.3) is 5.91 Å². The van der Waals surface area contributed by atoms with Gasteiger partial charge in [-0.25, -0.2) is 4.79 Å². The Balaban J connectivity index is 2.08. The second-order valence-electron chi connectivity index (χ2n) is 5.08. The van der Waals surface area contributed by atoms with Crippen LogP contribution in [0.25, 0.3) is 0 Å². The Hall–Kier alpha value is -1.84. The van der Waals surface area contributed by atoms with Gasteiger partial charge in [0.05, 0.1) is 5.56 Å². The molecule has 1 aromatic carbocycles. The number of benzene rings is 1. The molecule has 1 fully saturated rings. The first kappa shape index (κ1) is 13.6. The van der Waals surface area contributed by atoms with E-state index < -0.39 is 5.97 Å². The zero-order valence-corrected chi connectivity index (χ0v) is 11.1. The van der Waals surface area contributed by atoms with Crippen molar-refractivity contribution < 1.29 is 14.7 Å². The standard InChI is InChI=1S/C15H19NO3/c1-2-9-16(10-11-3-4-11)14(17)12-5-7-13(8-6-12)15(18)19/h5-8,11H,2-4,9-10H2,1H3,(H,18,19). The summed E-state index contributed by atoms with van der Waals surface area (Å²) in [4.78, 5) is 25.0. The van der Waals surface area contributed by atoms with E-state index in [4.69, 9.17) is 5.11 Å². The Labute approximate surface area is 113 Å². The van der Waals surface area contributed by atoms with E-state index in [1.165, 1.54) is 25.0 Å². The third-order valence-corrected chi connectivity index (χ3v) is 3.34. The lowest BCUT2D eigenvalue weighted by Gasteiger charge is -2.22. The van der Waals surface area contributed by atoms with Crippen LogP contribution in [0.3, 0.4) is 0 Å². The Kier molecular flexibility index (Phi) is 4.20. The van der Waals surface area contributed by atoms with Gasteiger partial charge in [-0.15, -0.1) is 0 Å². The van der Waals surface area contributed by atoms with Crippen molar-refractivity contribution in [3.05, 3.63) is 35.4 Å². The summed E-state index contributed by atoms with van der Waals surface area (Å²) in [5.74, 6) is -0.304. The first-order valence-electron chi connectivity index (χ1n) is 6.74. The normalized spacial score (nSPS) is 14.2. The Morgan fingerprint density at radius 1 is 1.21 bits per heavy atom. The van der Waals surface area contributed by atoms with Crippen LogP contribution in [0.5, 0.6) is 0 Å². The lowest BCUT2D eigenvalue weighted by Crippen LogP contribution is -2.33. The van der Waals surface area contributed by atoms with Crippen molar-refractivity contribution in [2.45, 2.75) is 26.2 Å². The summed E-state index contributed by atoms with van der Waals surface area (Å²) in [6.07, 6.45) is 3.36. The zero-order chi connectivity index (χ0) is 13.8. The predicted octanol–water partition coefficient (Wildman–Crippen LogP) is 2.65. The molecule has 0 atom stereocenters. The van der Waals surface area contributed by atoms with Gasteiger partial charge in [0.15, 0.2) is 0 Å². The molecule has 0 spiro atoms. The summed E-state index contributed by atoms with van der Waals surface area (Å²) in [5.41, 5.74) is 0.778. The summed E-state index contributed by atoms with van der Waals surface area (Å²) in [5, 5.41) is 8.84. The topological polar surface area (TPSA) is 57.6 Å². The Bertz CT molecular complexity index is 463. The van der Waals surface area contributed by atoms with Gasteiger partial charge in [-0.05, 0) is 49.4 Å². The van der Waals surface area contributed by atoms with Gasteiger partial charge in [-0.1, -0.05) is 6.92 Å². The minimum absolute atomic E-state index is 0.00527. The number of carboxylic acid groups (broad SMARTS) is 1. The molecule has 0 radical (unpaired) electrons. The largest absolute Gasteiger partial charge is 0.478 e. The summed E-state index contributed by atoms with van der Waals surface area (Å²) in [6.45, 7) is 3.64. The molecule has 1 aliphatic rings. The average molecular weight is 261 g/mol. The number of carbonyl (C=O) groups is 2. The van der Waals surface area contributed by atoms with Crippen molar-refractivity contribution in [3.63, 3.8) is 0 Å². The van der Waals surface area contributed by atoms with Gasteiger partial charge >= 0.3 is 5.97 Å². The van der Waals surface area contributed by atoms with Crippen molar-refractivity contribution >= 4 is 11.9 Å². The van der Waals surface area contributed by atoms with Crippen LogP contribution in [0.1, 0.15) is 46.9 Å². The molecule has 2 rings (SSSR count). The molecule has 0 saturated heterocycles. The molecule has 0 heterocycles. The number of carboxylic acids is 1. The third-order valence-electron chi connectivity index (χ3n) is 3.34. The minimum Gasteiger partial charge on any atom is -0.478 e. The molecular formula is C15H19NO3. The van der Waals surface area contributed by atoms with Gasteiger partial charge in [0.1, 0.15) is 0 Å². The molecule has 0 aromatic heterocycles. The molecule has 1 aromatic rings. The second-order valence-corrected chi connectivity index (χ2v) is 5.08. The van der Waals surface area contributed by atoms with Gasteiger partial charge in [-0.2, -0.15) is 0 Å². The van der Waals surface area contributed by atoms with Crippen LogP contribution >= 0.6 is 0 Å². The lowest BCUT2D eigenvalue weighted by atomic mass is 10.1. The maximum atomic E-state index is 12.4. The molecular weight excluding hydrogens is 242 g/mol. The van der Waals surface area contributed by atoms with E-state index in [2.05, 4.69) is 6.92 Å². The van der Waals surface area contributed by atoms with Crippen LogP contribution < -0.4 is 0 Å². The highest BCUT2D eigenvalue weighted by Gasteiger charge is 2.26. The van der Waals surface area contributed by atoms with E-state index in [1.54, 1.807) is 12.1 Å². The maximum absolute atomic E-state index is 12.4. The quantitative estimate of drug-likeness (QED) is 0.856. The monoisotopic (exact) mass is 261 g/mol. The Morgan fingerprint density at radius 2 is 1.79 bits per heavy atom.